The fourth-order valence-corrected chi connectivity index (χ4v) is 3.77. The van der Waals surface area contributed by atoms with Crippen LogP contribution < -0.4 is 10.1 Å². The van der Waals surface area contributed by atoms with E-state index in [9.17, 15) is 4.79 Å². The molecule has 1 unspecified atom stereocenters. The van der Waals surface area contributed by atoms with Gasteiger partial charge in [0.1, 0.15) is 5.75 Å². The van der Waals surface area contributed by atoms with Crippen LogP contribution in [0.5, 0.6) is 5.75 Å². The number of rotatable bonds is 8. The van der Waals surface area contributed by atoms with Gasteiger partial charge in [0.2, 0.25) is 0 Å². The molecule has 1 amide bonds. The molecule has 29 heavy (non-hydrogen) atoms. The van der Waals surface area contributed by atoms with Gasteiger partial charge in [0, 0.05) is 43.5 Å². The minimum atomic E-state index is 0.00577. The number of benzene rings is 1. The second kappa shape index (κ2) is 9.89. The highest BCUT2D eigenvalue weighted by atomic mass is 16.5. The van der Waals surface area contributed by atoms with Crippen LogP contribution in [0.15, 0.2) is 24.3 Å². The monoisotopic (exact) mass is 400 g/mol. The largest absolute Gasteiger partial charge is 0.484 e. The molecule has 1 N–H and O–H groups in total. The van der Waals surface area contributed by atoms with Gasteiger partial charge >= 0.3 is 0 Å². The third-order valence-electron chi connectivity index (χ3n) is 5.43. The van der Waals surface area contributed by atoms with Crippen molar-refractivity contribution in [3.8, 4) is 5.75 Å². The second-order valence-electron chi connectivity index (χ2n) is 7.43. The summed E-state index contributed by atoms with van der Waals surface area (Å²) in [5, 5.41) is 8.19. The Balaban J connectivity index is 1.49. The number of hydrogen-bond donors (Lipinski definition) is 1. The highest BCUT2D eigenvalue weighted by Gasteiger charge is 2.18. The number of aryl methyl sites for hydroxylation is 2. The number of carbonyl (C=O) groups is 1. The summed E-state index contributed by atoms with van der Waals surface area (Å²) in [6, 6.07) is 8.12. The van der Waals surface area contributed by atoms with Gasteiger partial charge in [0.15, 0.2) is 6.61 Å². The lowest BCUT2D eigenvalue weighted by Crippen LogP contribution is -2.42. The summed E-state index contributed by atoms with van der Waals surface area (Å²) in [5.41, 5.74) is 4.74. The molecule has 0 spiro atoms. The summed E-state index contributed by atoms with van der Waals surface area (Å²) in [5.74, 6) is 0.713. The summed E-state index contributed by atoms with van der Waals surface area (Å²) in [6.45, 7) is 12.7. The Kier molecular flexibility index (Phi) is 7.28. The summed E-state index contributed by atoms with van der Waals surface area (Å²) < 4.78 is 13.0. The van der Waals surface area contributed by atoms with Gasteiger partial charge in [-0.3, -0.25) is 9.48 Å². The summed E-state index contributed by atoms with van der Waals surface area (Å²) in [6.07, 6.45) is 0. The number of hydrogen-bond acceptors (Lipinski definition) is 5. The van der Waals surface area contributed by atoms with Crippen LogP contribution >= 0.6 is 0 Å². The first-order valence-electron chi connectivity index (χ1n) is 10.3. The van der Waals surface area contributed by atoms with Gasteiger partial charge in [-0.15, -0.1) is 0 Å². The second-order valence-corrected chi connectivity index (χ2v) is 7.43. The summed E-state index contributed by atoms with van der Waals surface area (Å²) in [7, 11) is 0. The average Bonchev–Trinajstić information content (AvgIpc) is 3.04. The van der Waals surface area contributed by atoms with Crippen molar-refractivity contribution in [1.29, 1.82) is 0 Å². The zero-order chi connectivity index (χ0) is 20.8. The van der Waals surface area contributed by atoms with E-state index in [1.807, 2.05) is 28.9 Å². The van der Waals surface area contributed by atoms with Crippen molar-refractivity contribution in [2.75, 3.05) is 32.9 Å². The number of amides is 1. The first kappa shape index (κ1) is 21.3. The molecular formula is C22H32N4O3. The third-order valence-corrected chi connectivity index (χ3v) is 5.43. The van der Waals surface area contributed by atoms with Gasteiger partial charge < -0.3 is 19.7 Å². The van der Waals surface area contributed by atoms with Crippen LogP contribution in [-0.4, -0.2) is 53.5 Å². The van der Waals surface area contributed by atoms with Crippen LogP contribution in [0.3, 0.4) is 0 Å². The summed E-state index contributed by atoms with van der Waals surface area (Å²) >= 11 is 0. The number of aromatic nitrogens is 2. The number of morpholine rings is 1. The Bertz CT molecular complexity index is 810. The first-order chi connectivity index (χ1) is 14.0. The van der Waals surface area contributed by atoms with Crippen molar-refractivity contribution in [2.45, 2.75) is 46.8 Å². The van der Waals surface area contributed by atoms with Crippen molar-refractivity contribution in [1.82, 2.24) is 20.0 Å². The van der Waals surface area contributed by atoms with E-state index in [0.29, 0.717) is 32.1 Å². The van der Waals surface area contributed by atoms with Crippen molar-refractivity contribution in [3.63, 3.8) is 0 Å². The Labute approximate surface area is 173 Å². The Morgan fingerprint density at radius 2 is 1.93 bits per heavy atom. The molecule has 1 aromatic heterocycles. The Hall–Kier alpha value is -2.38. The van der Waals surface area contributed by atoms with Crippen LogP contribution in [0, 0.1) is 13.8 Å². The van der Waals surface area contributed by atoms with Crippen LogP contribution in [-0.2, 0) is 22.6 Å². The van der Waals surface area contributed by atoms with E-state index in [1.165, 1.54) is 16.8 Å². The number of carbonyl (C=O) groups excluding carboxylic acids is 1. The predicted molar refractivity (Wildman–Crippen MR) is 112 cm³/mol. The van der Waals surface area contributed by atoms with Gasteiger partial charge in [0.25, 0.3) is 5.91 Å². The van der Waals surface area contributed by atoms with Crippen LogP contribution in [0.2, 0.25) is 0 Å². The van der Waals surface area contributed by atoms with Crippen LogP contribution in [0.25, 0.3) is 0 Å². The molecule has 1 atom stereocenters. The molecule has 0 aliphatic carbocycles. The molecule has 1 aromatic carbocycles. The maximum absolute atomic E-state index is 12.2. The van der Waals surface area contributed by atoms with Gasteiger partial charge in [-0.05, 0) is 45.4 Å². The molecular weight excluding hydrogens is 368 g/mol. The van der Waals surface area contributed by atoms with E-state index < -0.39 is 0 Å². The van der Waals surface area contributed by atoms with Gasteiger partial charge in [-0.25, -0.2) is 0 Å². The highest BCUT2D eigenvalue weighted by molar-refractivity contribution is 5.77. The maximum Gasteiger partial charge on any atom is 0.260 e. The van der Waals surface area contributed by atoms with E-state index in [-0.39, 0.29) is 18.6 Å². The lowest BCUT2D eigenvalue weighted by atomic mass is 10.1. The Morgan fingerprint density at radius 1 is 1.24 bits per heavy atom. The van der Waals surface area contributed by atoms with E-state index in [4.69, 9.17) is 9.47 Å². The zero-order valence-electron chi connectivity index (χ0n) is 17.9. The number of nitrogens with one attached hydrogen (secondary N) is 1. The zero-order valence-corrected chi connectivity index (χ0v) is 17.9. The first-order valence-corrected chi connectivity index (χ1v) is 10.3. The van der Waals surface area contributed by atoms with Crippen molar-refractivity contribution >= 4 is 5.91 Å². The maximum atomic E-state index is 12.2. The molecule has 0 bridgehead atoms. The van der Waals surface area contributed by atoms with Crippen LogP contribution in [0.4, 0.5) is 0 Å². The normalized spacial score (nSPS) is 15.4. The predicted octanol–water partition coefficient (Wildman–Crippen LogP) is 2.61. The van der Waals surface area contributed by atoms with Crippen LogP contribution in [0.1, 0.15) is 42.4 Å². The molecule has 1 aliphatic rings. The minimum Gasteiger partial charge on any atom is -0.484 e. The highest BCUT2D eigenvalue weighted by Crippen LogP contribution is 2.22. The molecule has 3 rings (SSSR count). The van der Waals surface area contributed by atoms with Crippen molar-refractivity contribution in [3.05, 3.63) is 46.8 Å². The molecule has 2 aromatic rings. The molecule has 7 heteroatoms. The SMILES string of the molecule is CCn1nc(C)c(C(C)NCc2ccc(OCC(=O)N3CCOCC3)cc2)c1C. The lowest BCUT2D eigenvalue weighted by Gasteiger charge is -2.26. The van der Waals surface area contributed by atoms with Gasteiger partial charge in [0.05, 0.1) is 18.9 Å². The molecule has 1 fully saturated rings. The molecule has 0 saturated carbocycles. The smallest absolute Gasteiger partial charge is 0.260 e. The van der Waals surface area contributed by atoms with E-state index in [2.05, 4.69) is 38.1 Å². The van der Waals surface area contributed by atoms with E-state index >= 15 is 0 Å². The van der Waals surface area contributed by atoms with E-state index in [0.717, 1.165) is 18.8 Å². The number of nitrogens with zero attached hydrogens (tertiary/aromatic N) is 3. The molecule has 0 radical (unpaired) electrons. The van der Waals surface area contributed by atoms with E-state index in [1.54, 1.807) is 4.90 Å². The standard InChI is InChI=1S/C22H32N4O3/c1-5-26-18(4)22(17(3)24-26)16(2)23-14-19-6-8-20(9-7-19)29-15-21(27)25-10-12-28-13-11-25/h6-9,16,23H,5,10-15H2,1-4H3. The average molecular weight is 401 g/mol. The van der Waals surface area contributed by atoms with Gasteiger partial charge in [-0.1, -0.05) is 12.1 Å². The Morgan fingerprint density at radius 3 is 2.55 bits per heavy atom. The summed E-state index contributed by atoms with van der Waals surface area (Å²) in [4.78, 5) is 13.9. The third kappa shape index (κ3) is 5.36. The molecule has 7 nitrogen and oxygen atoms in total. The molecule has 2 heterocycles. The molecule has 1 aliphatic heterocycles. The minimum absolute atomic E-state index is 0.00577. The topological polar surface area (TPSA) is 68.6 Å². The lowest BCUT2D eigenvalue weighted by molar-refractivity contribution is -0.137. The fourth-order valence-electron chi connectivity index (χ4n) is 3.77. The van der Waals surface area contributed by atoms with Gasteiger partial charge in [-0.2, -0.15) is 5.10 Å². The van der Waals surface area contributed by atoms with Crippen molar-refractivity contribution < 1.29 is 14.3 Å². The quantitative estimate of drug-likeness (QED) is 0.738. The molecule has 158 valence electrons. The fraction of sp³-hybridized carbons (Fsp3) is 0.545. The number of ether oxygens (including phenoxy) is 2. The molecule has 1 saturated heterocycles. The van der Waals surface area contributed by atoms with Crippen molar-refractivity contribution in [2.24, 2.45) is 0 Å².